The molecule has 0 aromatic heterocycles. The van der Waals surface area contributed by atoms with Crippen LogP contribution >= 0.6 is 0 Å². The Hall–Kier alpha value is -1.59. The predicted molar refractivity (Wildman–Crippen MR) is 92.4 cm³/mol. The molecule has 2 rings (SSSR count). The number of benzene rings is 1. The summed E-state index contributed by atoms with van der Waals surface area (Å²) >= 11 is 0. The molecule has 5 heteroatoms. The topological polar surface area (TPSA) is 54.3 Å². The first kappa shape index (κ1) is 16.8. The van der Waals surface area contributed by atoms with Crippen LogP contribution in [0.2, 0.25) is 0 Å². The van der Waals surface area contributed by atoms with Crippen LogP contribution in [0.1, 0.15) is 40.2 Å². The van der Waals surface area contributed by atoms with E-state index in [1.807, 2.05) is 39.8 Å². The van der Waals surface area contributed by atoms with Gasteiger partial charge in [0.25, 0.3) is 0 Å². The summed E-state index contributed by atoms with van der Waals surface area (Å²) in [5, 5.41) is 10.8. The molecule has 0 saturated carbocycles. The number of hydrogen-bond donors (Lipinski definition) is 2. The van der Waals surface area contributed by atoms with Crippen molar-refractivity contribution in [1.82, 2.24) is 0 Å². The van der Waals surface area contributed by atoms with Crippen LogP contribution in [0.3, 0.4) is 0 Å². The molecular formula is C17H25BN2O2. The number of rotatable bonds is 5. The van der Waals surface area contributed by atoms with Crippen molar-refractivity contribution in [2.45, 2.75) is 52.2 Å². The van der Waals surface area contributed by atoms with E-state index in [9.17, 15) is 0 Å². The molecule has 1 heterocycles. The van der Waals surface area contributed by atoms with Gasteiger partial charge >= 0.3 is 7.12 Å². The highest BCUT2D eigenvalue weighted by Crippen LogP contribution is 2.38. The van der Waals surface area contributed by atoms with E-state index in [-0.39, 0.29) is 0 Å². The average Bonchev–Trinajstić information content (AvgIpc) is 2.68. The van der Waals surface area contributed by atoms with E-state index in [1.165, 1.54) is 11.8 Å². The molecule has 0 spiro atoms. The number of nitrogens with one attached hydrogen (secondary N) is 2. The van der Waals surface area contributed by atoms with Gasteiger partial charge in [-0.25, -0.2) is 0 Å². The second kappa shape index (κ2) is 6.27. The van der Waals surface area contributed by atoms with Crippen molar-refractivity contribution < 1.29 is 9.31 Å². The Morgan fingerprint density at radius 1 is 1.14 bits per heavy atom. The molecule has 1 aromatic carbocycles. The Kier molecular flexibility index (Phi) is 4.78. The van der Waals surface area contributed by atoms with E-state index >= 15 is 0 Å². The quantitative estimate of drug-likeness (QED) is 0.642. The largest absolute Gasteiger partial charge is 0.497 e. The SMILES string of the molecule is CCc1ccc(N/C=C(\C=N)B2OC(C)(C)C(C)(C)O2)cc1. The maximum atomic E-state index is 7.62. The third-order valence-electron chi connectivity index (χ3n) is 4.46. The van der Waals surface area contributed by atoms with Crippen molar-refractivity contribution in [2.24, 2.45) is 0 Å². The zero-order valence-corrected chi connectivity index (χ0v) is 14.1. The lowest BCUT2D eigenvalue weighted by Gasteiger charge is -2.32. The van der Waals surface area contributed by atoms with Gasteiger partial charge in [-0.2, -0.15) is 0 Å². The first-order valence-corrected chi connectivity index (χ1v) is 7.71. The molecule has 1 aliphatic rings. The van der Waals surface area contributed by atoms with E-state index in [4.69, 9.17) is 14.7 Å². The maximum absolute atomic E-state index is 7.62. The number of allylic oxidation sites excluding steroid dienone is 1. The van der Waals surface area contributed by atoms with Gasteiger partial charge in [-0.3, -0.25) is 0 Å². The first-order valence-electron chi connectivity index (χ1n) is 7.71. The third kappa shape index (κ3) is 3.42. The van der Waals surface area contributed by atoms with Crippen LogP contribution < -0.4 is 5.32 Å². The van der Waals surface area contributed by atoms with Gasteiger partial charge in [-0.15, -0.1) is 0 Å². The normalized spacial score (nSPS) is 20.0. The van der Waals surface area contributed by atoms with Crippen molar-refractivity contribution in [2.75, 3.05) is 5.32 Å². The van der Waals surface area contributed by atoms with Crippen LogP contribution in [0.4, 0.5) is 5.69 Å². The predicted octanol–water partition coefficient (Wildman–Crippen LogP) is 3.83. The Morgan fingerprint density at radius 2 is 1.68 bits per heavy atom. The molecule has 2 N–H and O–H groups in total. The molecule has 0 atom stereocenters. The summed E-state index contributed by atoms with van der Waals surface area (Å²) in [6.45, 7) is 10.2. The molecule has 22 heavy (non-hydrogen) atoms. The van der Waals surface area contributed by atoms with E-state index in [1.54, 1.807) is 6.20 Å². The van der Waals surface area contributed by atoms with Crippen LogP contribution in [0.25, 0.3) is 0 Å². The summed E-state index contributed by atoms with van der Waals surface area (Å²) in [7, 11) is -0.523. The highest BCUT2D eigenvalue weighted by molar-refractivity contribution is 6.60. The summed E-state index contributed by atoms with van der Waals surface area (Å²) in [6.07, 6.45) is 4.07. The van der Waals surface area contributed by atoms with E-state index in [0.717, 1.165) is 12.1 Å². The molecule has 4 nitrogen and oxygen atoms in total. The Balaban J connectivity index is 2.10. The minimum Gasteiger partial charge on any atom is -0.399 e. The lowest BCUT2D eigenvalue weighted by molar-refractivity contribution is 0.00578. The van der Waals surface area contributed by atoms with Crippen LogP contribution in [-0.2, 0) is 15.7 Å². The maximum Gasteiger partial charge on any atom is 0.497 e. The van der Waals surface area contributed by atoms with Crippen LogP contribution in [0.15, 0.2) is 35.9 Å². The number of aryl methyl sites for hydroxylation is 1. The smallest absolute Gasteiger partial charge is 0.399 e. The zero-order valence-electron chi connectivity index (χ0n) is 14.1. The molecule has 118 valence electrons. The number of hydrogen-bond acceptors (Lipinski definition) is 4. The fourth-order valence-corrected chi connectivity index (χ4v) is 2.16. The highest BCUT2D eigenvalue weighted by atomic mass is 16.7. The summed E-state index contributed by atoms with van der Waals surface area (Å²) in [6, 6.07) is 8.24. The number of anilines is 1. The molecule has 0 amide bonds. The molecule has 1 fully saturated rings. The van der Waals surface area contributed by atoms with Crippen molar-refractivity contribution in [3.8, 4) is 0 Å². The van der Waals surface area contributed by atoms with Crippen LogP contribution in [-0.4, -0.2) is 24.5 Å². The van der Waals surface area contributed by atoms with E-state index < -0.39 is 18.3 Å². The summed E-state index contributed by atoms with van der Waals surface area (Å²) in [4.78, 5) is 0. The van der Waals surface area contributed by atoms with E-state index in [0.29, 0.717) is 5.47 Å². The monoisotopic (exact) mass is 300 g/mol. The van der Waals surface area contributed by atoms with Gasteiger partial charge in [0.2, 0.25) is 0 Å². The molecule has 1 aromatic rings. The third-order valence-corrected chi connectivity index (χ3v) is 4.46. The fourth-order valence-electron chi connectivity index (χ4n) is 2.16. The Morgan fingerprint density at radius 3 is 2.14 bits per heavy atom. The highest BCUT2D eigenvalue weighted by Gasteiger charge is 2.52. The fraction of sp³-hybridized carbons (Fsp3) is 0.471. The molecule has 0 aliphatic carbocycles. The first-order chi connectivity index (χ1) is 10.3. The van der Waals surface area contributed by atoms with Gasteiger partial charge < -0.3 is 20.0 Å². The lowest BCUT2D eigenvalue weighted by Crippen LogP contribution is -2.41. The van der Waals surface area contributed by atoms with Crippen molar-refractivity contribution in [3.63, 3.8) is 0 Å². The Labute approximate surface area is 133 Å². The van der Waals surface area contributed by atoms with Gasteiger partial charge in [0.15, 0.2) is 0 Å². The van der Waals surface area contributed by atoms with Gasteiger partial charge in [0, 0.05) is 23.6 Å². The van der Waals surface area contributed by atoms with Gasteiger partial charge in [0.05, 0.1) is 11.2 Å². The second-order valence-electron chi connectivity index (χ2n) is 6.57. The second-order valence-corrected chi connectivity index (χ2v) is 6.57. The molecule has 1 saturated heterocycles. The van der Waals surface area contributed by atoms with Crippen molar-refractivity contribution in [3.05, 3.63) is 41.5 Å². The van der Waals surface area contributed by atoms with Gasteiger partial charge in [0.1, 0.15) is 0 Å². The molecule has 1 aliphatic heterocycles. The van der Waals surface area contributed by atoms with Crippen LogP contribution in [0.5, 0.6) is 0 Å². The van der Waals surface area contributed by atoms with Gasteiger partial charge in [-0.1, -0.05) is 19.1 Å². The molecule has 0 radical (unpaired) electrons. The van der Waals surface area contributed by atoms with E-state index in [2.05, 4.69) is 24.4 Å². The van der Waals surface area contributed by atoms with Crippen LogP contribution in [0, 0.1) is 5.41 Å². The summed E-state index contributed by atoms with van der Waals surface area (Å²) in [5.41, 5.74) is 2.14. The molecule has 0 bridgehead atoms. The average molecular weight is 300 g/mol. The summed E-state index contributed by atoms with van der Waals surface area (Å²) < 4.78 is 11.9. The minimum atomic E-state index is -0.523. The molecular weight excluding hydrogens is 275 g/mol. The minimum absolute atomic E-state index is 0.400. The summed E-state index contributed by atoms with van der Waals surface area (Å²) in [5.74, 6) is 0. The lowest BCUT2D eigenvalue weighted by atomic mass is 9.79. The Bertz CT molecular complexity index is 549. The zero-order chi connectivity index (χ0) is 16.4. The van der Waals surface area contributed by atoms with Gasteiger partial charge in [-0.05, 0) is 51.8 Å². The van der Waals surface area contributed by atoms with Crippen molar-refractivity contribution >= 4 is 19.0 Å². The van der Waals surface area contributed by atoms with Crippen molar-refractivity contribution in [1.29, 1.82) is 5.41 Å². The standard InChI is InChI=1S/C17H25BN2O2/c1-6-13-7-9-15(10-8-13)20-12-14(11-19)18-21-16(2,3)17(4,5)22-18/h7-12,19-20H,6H2,1-5H3/b14-12+,19-11?. The molecule has 0 unspecified atom stereocenters.